The molecule has 1 aromatic rings. The van der Waals surface area contributed by atoms with Crippen LogP contribution in [-0.4, -0.2) is 54.5 Å². The van der Waals surface area contributed by atoms with Crippen LogP contribution in [0.25, 0.3) is 0 Å². The zero-order chi connectivity index (χ0) is 16.7. The highest BCUT2D eigenvalue weighted by Gasteiger charge is 2.25. The summed E-state index contributed by atoms with van der Waals surface area (Å²) in [5.74, 6) is 3.23. The van der Waals surface area contributed by atoms with Gasteiger partial charge in [0.05, 0.1) is 11.6 Å². The van der Waals surface area contributed by atoms with Crippen molar-refractivity contribution in [2.75, 3.05) is 32.7 Å². The lowest BCUT2D eigenvalue weighted by Crippen LogP contribution is -2.51. The number of nitriles is 1. The molecule has 5 nitrogen and oxygen atoms in total. The molecule has 1 atom stereocenters. The molecule has 1 heterocycles. The van der Waals surface area contributed by atoms with Gasteiger partial charge in [0, 0.05) is 39.1 Å². The highest BCUT2D eigenvalue weighted by Crippen LogP contribution is 2.15. The number of rotatable bonds is 5. The summed E-state index contributed by atoms with van der Waals surface area (Å²) < 4.78 is 5.68. The summed E-state index contributed by atoms with van der Waals surface area (Å²) in [6.07, 6.45) is 5.48. The Hall–Kier alpha value is -2.50. The van der Waals surface area contributed by atoms with Gasteiger partial charge in [0.15, 0.2) is 6.10 Å². The molecule has 0 aliphatic carbocycles. The van der Waals surface area contributed by atoms with Gasteiger partial charge in [0.25, 0.3) is 5.91 Å². The maximum Gasteiger partial charge on any atom is 0.263 e. The van der Waals surface area contributed by atoms with Crippen LogP contribution in [0.15, 0.2) is 24.3 Å². The first kappa shape index (κ1) is 16.9. The predicted octanol–water partition coefficient (Wildman–Crippen LogP) is 1.49. The highest BCUT2D eigenvalue weighted by atomic mass is 16.5. The standard InChI is InChI=1S/C18H21N3O2/c1-3-4-9-20-10-12-21(13-11-20)18(22)15(2)23-17-7-5-16(14-19)6-8-17/h1,5-8,15H,4,9-13H2,2H3. The van der Waals surface area contributed by atoms with E-state index in [4.69, 9.17) is 16.4 Å². The fourth-order valence-corrected chi connectivity index (χ4v) is 2.53. The summed E-state index contributed by atoms with van der Waals surface area (Å²) in [4.78, 5) is 16.6. The first-order valence-corrected chi connectivity index (χ1v) is 7.75. The molecule has 1 aromatic carbocycles. The molecule has 1 saturated heterocycles. The van der Waals surface area contributed by atoms with E-state index >= 15 is 0 Å². The molecule has 0 radical (unpaired) electrons. The van der Waals surface area contributed by atoms with Crippen molar-refractivity contribution in [2.45, 2.75) is 19.4 Å². The molecule has 1 aliphatic heterocycles. The summed E-state index contributed by atoms with van der Waals surface area (Å²) in [6, 6.07) is 8.82. The van der Waals surface area contributed by atoms with Crippen molar-refractivity contribution in [3.63, 3.8) is 0 Å². The quantitative estimate of drug-likeness (QED) is 0.773. The SMILES string of the molecule is C#CCCN1CCN(C(=O)C(C)Oc2ccc(C#N)cc2)CC1. The fourth-order valence-electron chi connectivity index (χ4n) is 2.53. The molecular formula is C18H21N3O2. The summed E-state index contributed by atoms with van der Waals surface area (Å²) in [5, 5.41) is 8.78. The van der Waals surface area contributed by atoms with Crippen molar-refractivity contribution in [1.82, 2.24) is 9.80 Å². The summed E-state index contributed by atoms with van der Waals surface area (Å²) in [7, 11) is 0. The van der Waals surface area contributed by atoms with Gasteiger partial charge in [-0.25, -0.2) is 0 Å². The van der Waals surface area contributed by atoms with Gasteiger partial charge in [-0.3, -0.25) is 9.69 Å². The van der Waals surface area contributed by atoms with Crippen LogP contribution in [0.4, 0.5) is 0 Å². The van der Waals surface area contributed by atoms with Crippen LogP contribution in [0.3, 0.4) is 0 Å². The number of terminal acetylenes is 1. The molecule has 0 aromatic heterocycles. The van der Waals surface area contributed by atoms with Gasteiger partial charge < -0.3 is 9.64 Å². The van der Waals surface area contributed by atoms with Crippen LogP contribution in [0.5, 0.6) is 5.75 Å². The molecule has 0 saturated carbocycles. The maximum absolute atomic E-state index is 12.4. The molecule has 120 valence electrons. The zero-order valence-corrected chi connectivity index (χ0v) is 13.4. The minimum Gasteiger partial charge on any atom is -0.481 e. The zero-order valence-electron chi connectivity index (χ0n) is 13.4. The van der Waals surface area contributed by atoms with Crippen molar-refractivity contribution < 1.29 is 9.53 Å². The third kappa shape index (κ3) is 4.74. The number of hydrogen-bond acceptors (Lipinski definition) is 4. The van der Waals surface area contributed by atoms with Crippen LogP contribution in [0.2, 0.25) is 0 Å². The minimum atomic E-state index is -0.541. The van der Waals surface area contributed by atoms with Crippen molar-refractivity contribution in [3.8, 4) is 24.2 Å². The number of nitrogens with zero attached hydrogens (tertiary/aromatic N) is 3. The predicted molar refractivity (Wildman–Crippen MR) is 87.7 cm³/mol. The van der Waals surface area contributed by atoms with Gasteiger partial charge in [-0.05, 0) is 31.2 Å². The average Bonchev–Trinajstić information content (AvgIpc) is 2.60. The maximum atomic E-state index is 12.4. The Kier molecular flexibility index (Phi) is 6.02. The second kappa shape index (κ2) is 8.22. The molecule has 23 heavy (non-hydrogen) atoms. The van der Waals surface area contributed by atoms with Crippen LogP contribution >= 0.6 is 0 Å². The lowest BCUT2D eigenvalue weighted by atomic mass is 10.2. The normalized spacial score (nSPS) is 16.2. The van der Waals surface area contributed by atoms with E-state index in [1.54, 1.807) is 31.2 Å². The third-order valence-corrected chi connectivity index (χ3v) is 3.90. The Balaban J connectivity index is 1.83. The minimum absolute atomic E-state index is 0.00837. The van der Waals surface area contributed by atoms with Crippen LogP contribution in [-0.2, 0) is 4.79 Å². The van der Waals surface area contributed by atoms with Crippen LogP contribution in [0.1, 0.15) is 18.9 Å². The van der Waals surface area contributed by atoms with Gasteiger partial charge in [0.2, 0.25) is 0 Å². The highest BCUT2D eigenvalue weighted by molar-refractivity contribution is 5.81. The second-order valence-electron chi connectivity index (χ2n) is 5.52. The average molecular weight is 311 g/mol. The van der Waals surface area contributed by atoms with Crippen molar-refractivity contribution in [2.24, 2.45) is 0 Å². The Morgan fingerprint density at radius 3 is 2.52 bits per heavy atom. The van der Waals surface area contributed by atoms with Gasteiger partial charge in [-0.1, -0.05) is 0 Å². The number of ether oxygens (including phenoxy) is 1. The number of amides is 1. The largest absolute Gasteiger partial charge is 0.481 e. The lowest BCUT2D eigenvalue weighted by Gasteiger charge is -2.35. The Morgan fingerprint density at radius 1 is 1.30 bits per heavy atom. The Bertz CT molecular complexity index is 605. The van der Waals surface area contributed by atoms with Crippen LogP contribution in [0, 0.1) is 23.7 Å². The van der Waals surface area contributed by atoms with Crippen molar-refractivity contribution in [3.05, 3.63) is 29.8 Å². The number of benzene rings is 1. The molecule has 1 amide bonds. The molecule has 0 bridgehead atoms. The van der Waals surface area contributed by atoms with E-state index < -0.39 is 6.10 Å². The van der Waals surface area contributed by atoms with Gasteiger partial charge >= 0.3 is 0 Å². The smallest absolute Gasteiger partial charge is 0.263 e. The summed E-state index contributed by atoms with van der Waals surface area (Å²) >= 11 is 0. The Labute approximate surface area is 137 Å². The molecule has 1 unspecified atom stereocenters. The number of carbonyl (C=O) groups excluding carboxylic acids is 1. The topological polar surface area (TPSA) is 56.6 Å². The first-order chi connectivity index (χ1) is 11.1. The molecule has 1 fully saturated rings. The molecule has 2 rings (SSSR count). The lowest BCUT2D eigenvalue weighted by molar-refractivity contribution is -0.139. The number of piperazine rings is 1. The van der Waals surface area contributed by atoms with E-state index in [9.17, 15) is 4.79 Å². The van der Waals surface area contributed by atoms with E-state index in [1.807, 2.05) is 4.90 Å². The molecular weight excluding hydrogens is 290 g/mol. The number of hydrogen-bond donors (Lipinski definition) is 0. The second-order valence-corrected chi connectivity index (χ2v) is 5.52. The molecule has 0 spiro atoms. The number of carbonyl (C=O) groups is 1. The summed E-state index contributed by atoms with van der Waals surface area (Å²) in [6.45, 7) is 5.73. The van der Waals surface area contributed by atoms with E-state index in [1.165, 1.54) is 0 Å². The summed E-state index contributed by atoms with van der Waals surface area (Å²) in [5.41, 5.74) is 0.569. The van der Waals surface area contributed by atoms with E-state index in [2.05, 4.69) is 16.9 Å². The van der Waals surface area contributed by atoms with Gasteiger partial charge in [-0.2, -0.15) is 5.26 Å². The molecule has 0 N–H and O–H groups in total. The van der Waals surface area contributed by atoms with Crippen molar-refractivity contribution >= 4 is 5.91 Å². The van der Waals surface area contributed by atoms with Crippen LogP contribution < -0.4 is 4.74 Å². The molecule has 5 heteroatoms. The third-order valence-electron chi connectivity index (χ3n) is 3.90. The monoisotopic (exact) mass is 311 g/mol. The van der Waals surface area contributed by atoms with E-state index in [0.29, 0.717) is 24.4 Å². The van der Waals surface area contributed by atoms with E-state index in [-0.39, 0.29) is 5.91 Å². The van der Waals surface area contributed by atoms with Gasteiger partial charge in [-0.15, -0.1) is 12.3 Å². The van der Waals surface area contributed by atoms with Crippen molar-refractivity contribution in [1.29, 1.82) is 5.26 Å². The Morgan fingerprint density at radius 2 is 1.96 bits per heavy atom. The van der Waals surface area contributed by atoms with E-state index in [0.717, 1.165) is 26.1 Å². The fraction of sp³-hybridized carbons (Fsp3) is 0.444. The molecule has 1 aliphatic rings. The first-order valence-electron chi connectivity index (χ1n) is 7.75. The van der Waals surface area contributed by atoms with Gasteiger partial charge in [0.1, 0.15) is 5.75 Å².